The van der Waals surface area contributed by atoms with Crippen molar-refractivity contribution in [1.82, 2.24) is 10.6 Å². The smallest absolute Gasteiger partial charge is 0.407 e. The van der Waals surface area contributed by atoms with E-state index in [9.17, 15) is 9.59 Å². The number of nitrogens with one attached hydrogen (secondary N) is 2. The zero-order valence-electron chi connectivity index (χ0n) is 16.5. The minimum Gasteiger partial charge on any atom is -0.461 e. The molecule has 0 spiro atoms. The van der Waals surface area contributed by atoms with E-state index >= 15 is 0 Å². The Morgan fingerprint density at radius 3 is 2.50 bits per heavy atom. The van der Waals surface area contributed by atoms with Gasteiger partial charge in [0.2, 0.25) is 5.91 Å². The first-order chi connectivity index (χ1) is 12.0. The van der Waals surface area contributed by atoms with Crippen molar-refractivity contribution < 1.29 is 18.7 Å². The molecular weight excluding hydrogens is 332 g/mol. The predicted octanol–water partition coefficient (Wildman–Crippen LogP) is 3.84. The van der Waals surface area contributed by atoms with Crippen LogP contribution in [0, 0.1) is 5.92 Å². The highest BCUT2D eigenvalue weighted by molar-refractivity contribution is 5.91. The van der Waals surface area contributed by atoms with Crippen LogP contribution in [0.4, 0.5) is 4.79 Å². The van der Waals surface area contributed by atoms with Crippen molar-refractivity contribution in [3.8, 4) is 0 Å². The molecule has 1 fully saturated rings. The van der Waals surface area contributed by atoms with Gasteiger partial charge in [-0.25, -0.2) is 4.79 Å². The van der Waals surface area contributed by atoms with Gasteiger partial charge in [-0.1, -0.05) is 6.92 Å². The number of rotatable bonds is 6. The van der Waals surface area contributed by atoms with Crippen LogP contribution in [0.2, 0.25) is 0 Å². The van der Waals surface area contributed by atoms with Gasteiger partial charge in [0, 0.05) is 18.5 Å². The van der Waals surface area contributed by atoms with E-state index in [0.717, 1.165) is 12.2 Å². The van der Waals surface area contributed by atoms with E-state index in [1.807, 2.05) is 26.0 Å². The molecule has 2 amide bonds. The van der Waals surface area contributed by atoms with Crippen LogP contribution in [-0.2, 0) is 9.53 Å². The lowest BCUT2D eigenvalue weighted by molar-refractivity contribution is -0.117. The number of alkyl carbamates (subject to hydrolysis) is 1. The molecule has 1 aromatic heterocycles. The molecular formula is C20H30N2O4. The maximum Gasteiger partial charge on any atom is 0.407 e. The molecule has 2 unspecified atom stereocenters. The summed E-state index contributed by atoms with van der Waals surface area (Å²) < 4.78 is 10.9. The van der Waals surface area contributed by atoms with Gasteiger partial charge in [-0.2, -0.15) is 0 Å². The molecule has 144 valence electrons. The molecule has 2 atom stereocenters. The second-order valence-electron chi connectivity index (χ2n) is 8.62. The van der Waals surface area contributed by atoms with Crippen molar-refractivity contribution >= 4 is 18.1 Å². The van der Waals surface area contributed by atoms with Gasteiger partial charge >= 0.3 is 6.09 Å². The second kappa shape index (κ2) is 7.56. The molecule has 0 aliphatic heterocycles. The highest BCUT2D eigenvalue weighted by Crippen LogP contribution is 2.47. The molecule has 0 radical (unpaired) electrons. The Kier molecular flexibility index (Phi) is 5.84. The predicted molar refractivity (Wildman–Crippen MR) is 101 cm³/mol. The number of hydrogen-bond donors (Lipinski definition) is 2. The van der Waals surface area contributed by atoms with Gasteiger partial charge in [0.05, 0.1) is 5.54 Å². The quantitative estimate of drug-likeness (QED) is 0.754. The van der Waals surface area contributed by atoms with E-state index in [0.29, 0.717) is 17.6 Å². The lowest BCUT2D eigenvalue weighted by Crippen LogP contribution is -2.51. The summed E-state index contributed by atoms with van der Waals surface area (Å²) in [5.41, 5.74) is -1.17. The molecule has 1 aromatic rings. The summed E-state index contributed by atoms with van der Waals surface area (Å²) in [7, 11) is 0. The Hall–Kier alpha value is -2.24. The van der Waals surface area contributed by atoms with Gasteiger partial charge in [-0.15, -0.1) is 0 Å². The zero-order valence-corrected chi connectivity index (χ0v) is 16.5. The van der Waals surface area contributed by atoms with Crippen molar-refractivity contribution in [2.45, 2.75) is 65.0 Å². The number of carbonyl (C=O) groups excluding carboxylic acids is 2. The average Bonchev–Trinajstić information content (AvgIpc) is 3.03. The fourth-order valence-electron chi connectivity index (χ4n) is 2.56. The summed E-state index contributed by atoms with van der Waals surface area (Å²) in [5.74, 6) is 2.60. The molecule has 0 bridgehead atoms. The molecule has 6 nitrogen and oxygen atoms in total. The van der Waals surface area contributed by atoms with Crippen molar-refractivity contribution in [3.05, 3.63) is 29.7 Å². The first kappa shape index (κ1) is 20.1. The lowest BCUT2D eigenvalue weighted by Gasteiger charge is -2.27. The molecule has 1 aliphatic rings. The maximum atomic E-state index is 12.1. The minimum atomic E-state index is -0.615. The van der Waals surface area contributed by atoms with Gasteiger partial charge in [0.25, 0.3) is 0 Å². The standard InChI is InChI=1S/C20H30N2O4/c1-13-11-15(13)16-9-7-14(25-16)8-10-17(23)22-20(5,6)12-21-18(24)26-19(2,3)4/h7-10,13,15H,11-12H2,1-6H3,(H,21,24)(H,22,23). The van der Waals surface area contributed by atoms with Crippen LogP contribution in [0.1, 0.15) is 65.4 Å². The number of amides is 2. The molecule has 2 N–H and O–H groups in total. The lowest BCUT2D eigenvalue weighted by atomic mass is 10.1. The summed E-state index contributed by atoms with van der Waals surface area (Å²) in [6, 6.07) is 3.85. The molecule has 26 heavy (non-hydrogen) atoms. The van der Waals surface area contributed by atoms with E-state index < -0.39 is 17.2 Å². The van der Waals surface area contributed by atoms with Crippen LogP contribution in [0.15, 0.2) is 22.6 Å². The number of furan rings is 1. The molecule has 1 aliphatic carbocycles. The van der Waals surface area contributed by atoms with E-state index in [1.165, 1.54) is 6.08 Å². The largest absolute Gasteiger partial charge is 0.461 e. The maximum absolute atomic E-state index is 12.1. The number of hydrogen-bond acceptors (Lipinski definition) is 4. The van der Waals surface area contributed by atoms with Crippen LogP contribution in [-0.4, -0.2) is 29.7 Å². The highest BCUT2D eigenvalue weighted by atomic mass is 16.6. The van der Waals surface area contributed by atoms with Crippen LogP contribution >= 0.6 is 0 Å². The van der Waals surface area contributed by atoms with Crippen LogP contribution < -0.4 is 10.6 Å². The molecule has 0 saturated heterocycles. The van der Waals surface area contributed by atoms with Gasteiger partial charge in [0.15, 0.2) is 0 Å². The SMILES string of the molecule is CC1CC1c1ccc(C=CC(=O)NC(C)(C)CNC(=O)OC(C)(C)C)o1. The molecule has 1 heterocycles. The minimum absolute atomic E-state index is 0.251. The Bertz CT molecular complexity index is 682. The van der Waals surface area contributed by atoms with Gasteiger partial charge in [-0.3, -0.25) is 4.79 Å². The van der Waals surface area contributed by atoms with Crippen molar-refractivity contribution in [2.24, 2.45) is 5.92 Å². The Labute approximate surface area is 155 Å². The molecule has 0 aromatic carbocycles. The second-order valence-corrected chi connectivity index (χ2v) is 8.62. The van der Waals surface area contributed by atoms with Gasteiger partial charge in [0.1, 0.15) is 17.1 Å². The zero-order chi connectivity index (χ0) is 19.5. The van der Waals surface area contributed by atoms with E-state index in [4.69, 9.17) is 9.15 Å². The normalized spacial score (nSPS) is 20.1. The summed E-state index contributed by atoms with van der Waals surface area (Å²) in [5, 5.41) is 5.52. The fraction of sp³-hybridized carbons (Fsp3) is 0.600. The van der Waals surface area contributed by atoms with Crippen LogP contribution in [0.25, 0.3) is 6.08 Å². The molecule has 2 rings (SSSR count). The first-order valence-electron chi connectivity index (χ1n) is 9.02. The van der Waals surface area contributed by atoms with Crippen molar-refractivity contribution in [3.63, 3.8) is 0 Å². The van der Waals surface area contributed by atoms with Crippen LogP contribution in [0.3, 0.4) is 0 Å². The summed E-state index contributed by atoms with van der Waals surface area (Å²) in [6.07, 6.45) is 3.75. The summed E-state index contributed by atoms with van der Waals surface area (Å²) >= 11 is 0. The third-order valence-electron chi connectivity index (χ3n) is 4.06. The Balaban J connectivity index is 1.79. The van der Waals surface area contributed by atoms with Gasteiger partial charge < -0.3 is 19.8 Å². The van der Waals surface area contributed by atoms with E-state index in [2.05, 4.69) is 17.6 Å². The topological polar surface area (TPSA) is 80.6 Å². The highest BCUT2D eigenvalue weighted by Gasteiger charge is 2.36. The summed E-state index contributed by atoms with van der Waals surface area (Å²) in [6.45, 7) is 11.5. The van der Waals surface area contributed by atoms with Gasteiger partial charge in [-0.05, 0) is 65.2 Å². The fourth-order valence-corrected chi connectivity index (χ4v) is 2.56. The number of carbonyl (C=O) groups is 2. The van der Waals surface area contributed by atoms with Crippen LogP contribution in [0.5, 0.6) is 0 Å². The first-order valence-corrected chi connectivity index (χ1v) is 9.02. The molecule has 1 saturated carbocycles. The monoisotopic (exact) mass is 362 g/mol. The molecule has 6 heteroatoms. The summed E-state index contributed by atoms with van der Waals surface area (Å²) in [4.78, 5) is 23.8. The average molecular weight is 362 g/mol. The van der Waals surface area contributed by atoms with E-state index in [1.54, 1.807) is 26.8 Å². The Morgan fingerprint density at radius 2 is 1.92 bits per heavy atom. The van der Waals surface area contributed by atoms with Crippen molar-refractivity contribution in [1.29, 1.82) is 0 Å². The third-order valence-corrected chi connectivity index (χ3v) is 4.06. The number of ether oxygens (including phenoxy) is 1. The third kappa shape index (κ3) is 6.58. The van der Waals surface area contributed by atoms with Crippen molar-refractivity contribution in [2.75, 3.05) is 6.54 Å². The Morgan fingerprint density at radius 1 is 1.27 bits per heavy atom. The van der Waals surface area contributed by atoms with E-state index in [-0.39, 0.29) is 12.5 Å².